The summed E-state index contributed by atoms with van der Waals surface area (Å²) in [4.78, 5) is 5.26. The van der Waals surface area contributed by atoms with E-state index in [0.29, 0.717) is 11.8 Å². The summed E-state index contributed by atoms with van der Waals surface area (Å²) in [6, 6.07) is 30.7. The molecule has 2 heterocycles. The fourth-order valence-corrected chi connectivity index (χ4v) is 6.45. The zero-order chi connectivity index (χ0) is 25.7. The van der Waals surface area contributed by atoms with Gasteiger partial charge >= 0.3 is 0 Å². The first-order chi connectivity index (χ1) is 17.9. The Labute approximate surface area is 223 Å². The molecule has 0 amide bonds. The summed E-state index contributed by atoms with van der Waals surface area (Å²) < 4.78 is 3.78. The Morgan fingerprint density at radius 1 is 0.730 bits per heavy atom. The van der Waals surface area contributed by atoms with Gasteiger partial charge in [0.1, 0.15) is 5.82 Å². The highest BCUT2D eigenvalue weighted by atomic mass is 32.1. The second-order valence-corrected chi connectivity index (χ2v) is 11.4. The van der Waals surface area contributed by atoms with E-state index in [1.807, 2.05) is 11.3 Å². The van der Waals surface area contributed by atoms with Crippen molar-refractivity contribution in [1.29, 1.82) is 0 Å². The van der Waals surface area contributed by atoms with E-state index in [1.54, 1.807) is 0 Å². The largest absolute Gasteiger partial charge is 0.292 e. The van der Waals surface area contributed by atoms with Gasteiger partial charge in [-0.15, -0.1) is 11.3 Å². The first-order valence-corrected chi connectivity index (χ1v) is 14.0. The molecule has 0 aliphatic heterocycles. The van der Waals surface area contributed by atoms with Gasteiger partial charge in [-0.1, -0.05) is 88.4 Å². The maximum absolute atomic E-state index is 5.26. The van der Waals surface area contributed by atoms with Crippen LogP contribution < -0.4 is 0 Å². The normalized spacial score (nSPS) is 11.9. The lowest BCUT2D eigenvalue weighted by Crippen LogP contribution is -2.09. The fourth-order valence-electron chi connectivity index (χ4n) is 5.42. The molecule has 0 spiro atoms. The summed E-state index contributed by atoms with van der Waals surface area (Å²) in [5.74, 6) is 1.73. The van der Waals surface area contributed by atoms with E-state index in [1.165, 1.54) is 49.2 Å². The molecule has 0 saturated carbocycles. The van der Waals surface area contributed by atoms with Gasteiger partial charge in [-0.25, -0.2) is 4.98 Å². The average Bonchev–Trinajstić information content (AvgIpc) is 3.50. The monoisotopic (exact) mass is 500 g/mol. The van der Waals surface area contributed by atoms with Crippen molar-refractivity contribution in [3.63, 3.8) is 0 Å². The molecule has 0 N–H and O–H groups in total. The van der Waals surface area contributed by atoms with Gasteiger partial charge in [0.15, 0.2) is 0 Å². The van der Waals surface area contributed by atoms with E-state index in [-0.39, 0.29) is 0 Å². The van der Waals surface area contributed by atoms with Gasteiger partial charge in [0.05, 0.1) is 16.7 Å². The van der Waals surface area contributed by atoms with Crippen LogP contribution >= 0.6 is 11.3 Å². The molecule has 0 atom stereocenters. The second-order valence-electron chi connectivity index (χ2n) is 10.5. The third kappa shape index (κ3) is 3.98. The third-order valence-electron chi connectivity index (χ3n) is 7.34. The van der Waals surface area contributed by atoms with Gasteiger partial charge in [0.25, 0.3) is 0 Å². The van der Waals surface area contributed by atoms with Crippen molar-refractivity contribution in [2.45, 2.75) is 46.5 Å². The number of imidazole rings is 1. The van der Waals surface area contributed by atoms with Gasteiger partial charge in [0, 0.05) is 21.0 Å². The number of aromatic nitrogens is 2. The molecule has 0 bridgehead atoms. The lowest BCUT2D eigenvalue weighted by molar-refractivity contribution is 0.812. The molecule has 6 aromatic rings. The van der Waals surface area contributed by atoms with Crippen molar-refractivity contribution in [1.82, 2.24) is 9.55 Å². The standard InChI is InChI=1S/C34H32N2S/c1-21(2)27-18-25(24-13-7-6-8-14-24)19-28(22(3)4)32(27)36-31-17-10-9-16-30(31)35-34(36)29-20-37-33-23(5)12-11-15-26(29)33/h6-22H,1-5H3. The number of para-hydroxylation sites is 2. The lowest BCUT2D eigenvalue weighted by Gasteiger charge is -2.24. The maximum atomic E-state index is 5.26. The number of thiophene rings is 1. The summed E-state index contributed by atoms with van der Waals surface area (Å²) in [6.07, 6.45) is 0. The van der Waals surface area contributed by atoms with E-state index in [0.717, 1.165) is 16.9 Å². The SMILES string of the molecule is Cc1cccc2c(-c3nc4ccccc4n3-c3c(C(C)C)cc(-c4ccccc4)cc3C(C)C)csc12. The van der Waals surface area contributed by atoms with E-state index >= 15 is 0 Å². The Bertz CT molecular complexity index is 1710. The highest BCUT2D eigenvalue weighted by molar-refractivity contribution is 7.18. The van der Waals surface area contributed by atoms with E-state index in [4.69, 9.17) is 4.98 Å². The van der Waals surface area contributed by atoms with Crippen LogP contribution in [0.5, 0.6) is 0 Å². The molecule has 0 unspecified atom stereocenters. The van der Waals surface area contributed by atoms with Crippen LogP contribution in [-0.4, -0.2) is 9.55 Å². The Kier molecular flexibility index (Phi) is 5.97. The van der Waals surface area contributed by atoms with Crippen molar-refractivity contribution in [2.75, 3.05) is 0 Å². The minimum atomic E-state index is 0.353. The Morgan fingerprint density at radius 3 is 2.11 bits per heavy atom. The molecule has 0 aliphatic carbocycles. The maximum Gasteiger partial charge on any atom is 0.147 e. The van der Waals surface area contributed by atoms with Gasteiger partial charge < -0.3 is 0 Å². The highest BCUT2D eigenvalue weighted by Gasteiger charge is 2.24. The average molecular weight is 501 g/mol. The second kappa shape index (κ2) is 9.32. The Morgan fingerprint density at radius 2 is 1.41 bits per heavy atom. The van der Waals surface area contributed by atoms with Crippen LogP contribution in [0.3, 0.4) is 0 Å². The van der Waals surface area contributed by atoms with Crippen LogP contribution in [0.4, 0.5) is 0 Å². The third-order valence-corrected chi connectivity index (χ3v) is 8.47. The smallest absolute Gasteiger partial charge is 0.147 e. The van der Waals surface area contributed by atoms with Gasteiger partial charge in [-0.2, -0.15) is 0 Å². The summed E-state index contributed by atoms with van der Waals surface area (Å²) in [5, 5.41) is 3.57. The van der Waals surface area contributed by atoms with Gasteiger partial charge in [-0.05, 0) is 70.8 Å². The summed E-state index contributed by atoms with van der Waals surface area (Å²) in [6.45, 7) is 11.4. The van der Waals surface area contributed by atoms with Crippen LogP contribution in [0.15, 0.2) is 90.3 Å². The van der Waals surface area contributed by atoms with Crippen molar-refractivity contribution < 1.29 is 0 Å². The molecule has 0 radical (unpaired) electrons. The van der Waals surface area contributed by atoms with Crippen molar-refractivity contribution in [2.24, 2.45) is 0 Å². The molecule has 184 valence electrons. The van der Waals surface area contributed by atoms with Gasteiger partial charge in [-0.3, -0.25) is 4.57 Å². The highest BCUT2D eigenvalue weighted by Crippen LogP contribution is 2.42. The van der Waals surface area contributed by atoms with Crippen molar-refractivity contribution >= 4 is 32.5 Å². The molecular weight excluding hydrogens is 468 g/mol. The molecule has 6 rings (SSSR count). The van der Waals surface area contributed by atoms with Crippen LogP contribution in [0.2, 0.25) is 0 Å². The van der Waals surface area contributed by atoms with E-state index in [9.17, 15) is 0 Å². The molecule has 3 heteroatoms. The minimum absolute atomic E-state index is 0.353. The molecule has 37 heavy (non-hydrogen) atoms. The topological polar surface area (TPSA) is 17.8 Å². The first-order valence-electron chi connectivity index (χ1n) is 13.1. The van der Waals surface area contributed by atoms with Crippen LogP contribution in [-0.2, 0) is 0 Å². The van der Waals surface area contributed by atoms with E-state index < -0.39 is 0 Å². The van der Waals surface area contributed by atoms with E-state index in [2.05, 4.69) is 129 Å². The molecule has 0 fully saturated rings. The molecule has 0 aliphatic rings. The number of rotatable bonds is 5. The predicted molar refractivity (Wildman–Crippen MR) is 160 cm³/mol. The fraction of sp³-hybridized carbons (Fsp3) is 0.206. The summed E-state index contributed by atoms with van der Waals surface area (Å²) in [5.41, 5.74) is 11.2. The first kappa shape index (κ1) is 23.7. The summed E-state index contributed by atoms with van der Waals surface area (Å²) in [7, 11) is 0. The van der Waals surface area contributed by atoms with Crippen LogP contribution in [0.1, 0.15) is 56.2 Å². The number of benzene rings is 4. The number of hydrogen-bond donors (Lipinski definition) is 0. The molecule has 4 aromatic carbocycles. The molecule has 0 saturated heterocycles. The van der Waals surface area contributed by atoms with Crippen molar-refractivity contribution in [3.05, 3.63) is 107 Å². The number of nitrogens with zero attached hydrogens (tertiary/aromatic N) is 2. The number of fused-ring (bicyclic) bond motifs is 2. The predicted octanol–water partition coefficient (Wildman–Crippen LogP) is 10.1. The molecule has 2 nitrogen and oxygen atoms in total. The van der Waals surface area contributed by atoms with Gasteiger partial charge in [0.2, 0.25) is 0 Å². The minimum Gasteiger partial charge on any atom is -0.292 e. The lowest BCUT2D eigenvalue weighted by atomic mass is 9.88. The molecule has 2 aromatic heterocycles. The zero-order valence-electron chi connectivity index (χ0n) is 22.1. The van der Waals surface area contributed by atoms with Crippen LogP contribution in [0, 0.1) is 6.92 Å². The Hall–Kier alpha value is -3.69. The zero-order valence-corrected chi connectivity index (χ0v) is 22.9. The summed E-state index contributed by atoms with van der Waals surface area (Å²) >= 11 is 1.82. The van der Waals surface area contributed by atoms with Crippen LogP contribution in [0.25, 0.3) is 49.3 Å². The number of aryl methyl sites for hydroxylation is 1. The Balaban J connectivity index is 1.73. The quantitative estimate of drug-likeness (QED) is 0.230. The number of hydrogen-bond acceptors (Lipinski definition) is 2. The molecular formula is C34H32N2S. The van der Waals surface area contributed by atoms with Crippen molar-refractivity contribution in [3.8, 4) is 28.2 Å².